The minimum atomic E-state index is -0.158. The quantitative estimate of drug-likeness (QED) is 0.848. The van der Waals surface area contributed by atoms with Crippen LogP contribution < -0.4 is 15.8 Å². The van der Waals surface area contributed by atoms with E-state index < -0.39 is 0 Å². The molecule has 0 aliphatic carbocycles. The maximum Gasteiger partial charge on any atom is 0.254 e. The summed E-state index contributed by atoms with van der Waals surface area (Å²) in [5, 5.41) is 2.97. The number of ether oxygens (including phenoxy) is 1. The lowest BCUT2D eigenvalue weighted by molar-refractivity contribution is 0.0940. The van der Waals surface area contributed by atoms with Gasteiger partial charge in [-0.2, -0.15) is 0 Å². The Morgan fingerprint density at radius 3 is 2.43 bits per heavy atom. The van der Waals surface area contributed by atoms with Crippen LogP contribution >= 0.6 is 0 Å². The van der Waals surface area contributed by atoms with Crippen molar-refractivity contribution in [3.05, 3.63) is 59.2 Å². The molecular formula is C17H20N2O2. The third kappa shape index (κ3) is 3.34. The summed E-state index contributed by atoms with van der Waals surface area (Å²) in [4.78, 5) is 12.4. The van der Waals surface area contributed by atoms with Gasteiger partial charge in [0.1, 0.15) is 5.75 Å². The molecule has 2 rings (SSSR count). The van der Waals surface area contributed by atoms with Gasteiger partial charge in [-0.25, -0.2) is 0 Å². The van der Waals surface area contributed by atoms with E-state index in [-0.39, 0.29) is 11.9 Å². The van der Waals surface area contributed by atoms with Crippen LogP contribution in [0.3, 0.4) is 0 Å². The van der Waals surface area contributed by atoms with Gasteiger partial charge in [0, 0.05) is 5.69 Å². The number of amides is 1. The normalized spacial score (nSPS) is 11.8. The van der Waals surface area contributed by atoms with Crippen molar-refractivity contribution in [1.29, 1.82) is 0 Å². The largest absolute Gasteiger partial charge is 0.497 e. The molecule has 4 heteroatoms. The van der Waals surface area contributed by atoms with Gasteiger partial charge in [0.05, 0.1) is 18.7 Å². The molecule has 110 valence electrons. The Hall–Kier alpha value is -2.49. The third-order valence-corrected chi connectivity index (χ3v) is 3.50. The molecule has 2 aromatic rings. The van der Waals surface area contributed by atoms with Gasteiger partial charge in [-0.15, -0.1) is 0 Å². The molecule has 1 atom stereocenters. The number of rotatable bonds is 4. The number of benzene rings is 2. The highest BCUT2D eigenvalue weighted by atomic mass is 16.5. The van der Waals surface area contributed by atoms with Crippen molar-refractivity contribution in [3.63, 3.8) is 0 Å². The number of carbonyl (C=O) groups excluding carboxylic acids is 1. The summed E-state index contributed by atoms with van der Waals surface area (Å²) in [6.07, 6.45) is 0. The number of nitrogen functional groups attached to an aromatic ring is 1. The molecule has 2 aromatic carbocycles. The average Bonchev–Trinajstić information content (AvgIpc) is 2.47. The van der Waals surface area contributed by atoms with Crippen molar-refractivity contribution in [3.8, 4) is 5.75 Å². The van der Waals surface area contributed by atoms with Crippen LogP contribution in [0.4, 0.5) is 5.69 Å². The molecule has 0 saturated carbocycles. The van der Waals surface area contributed by atoms with E-state index in [4.69, 9.17) is 10.5 Å². The van der Waals surface area contributed by atoms with Crippen LogP contribution in [0.1, 0.15) is 34.5 Å². The van der Waals surface area contributed by atoms with Crippen molar-refractivity contribution >= 4 is 11.6 Å². The molecule has 3 N–H and O–H groups in total. The fraction of sp³-hybridized carbons (Fsp3) is 0.235. The van der Waals surface area contributed by atoms with Crippen molar-refractivity contribution < 1.29 is 9.53 Å². The predicted octanol–water partition coefficient (Wildman–Crippen LogP) is 3.08. The van der Waals surface area contributed by atoms with Gasteiger partial charge in [0.25, 0.3) is 5.91 Å². The second-order valence-electron chi connectivity index (χ2n) is 5.01. The highest BCUT2D eigenvalue weighted by Crippen LogP contribution is 2.20. The summed E-state index contributed by atoms with van der Waals surface area (Å²) in [6, 6.07) is 13.0. The molecule has 0 radical (unpaired) electrons. The number of nitrogens with two attached hydrogens (primary N) is 1. The number of anilines is 1. The van der Waals surface area contributed by atoms with Crippen LogP contribution in [0, 0.1) is 6.92 Å². The molecule has 1 unspecified atom stereocenters. The van der Waals surface area contributed by atoms with Crippen LogP contribution in [-0.2, 0) is 0 Å². The maximum absolute atomic E-state index is 12.4. The molecule has 1 amide bonds. The van der Waals surface area contributed by atoms with Gasteiger partial charge in [-0.3, -0.25) is 4.79 Å². The number of carbonyl (C=O) groups is 1. The molecule has 0 bridgehead atoms. The predicted molar refractivity (Wildman–Crippen MR) is 84.5 cm³/mol. The first-order valence-corrected chi connectivity index (χ1v) is 6.83. The summed E-state index contributed by atoms with van der Waals surface area (Å²) < 4.78 is 5.13. The Morgan fingerprint density at radius 2 is 1.86 bits per heavy atom. The molecule has 0 saturated heterocycles. The molecule has 0 aliphatic rings. The second-order valence-corrected chi connectivity index (χ2v) is 5.01. The zero-order valence-corrected chi connectivity index (χ0v) is 12.5. The first kappa shape index (κ1) is 14.9. The fourth-order valence-electron chi connectivity index (χ4n) is 2.25. The maximum atomic E-state index is 12.4. The Bertz CT molecular complexity index is 615. The van der Waals surface area contributed by atoms with E-state index in [1.54, 1.807) is 13.2 Å². The van der Waals surface area contributed by atoms with Gasteiger partial charge >= 0.3 is 0 Å². The summed E-state index contributed by atoms with van der Waals surface area (Å²) >= 11 is 0. The molecule has 4 nitrogen and oxygen atoms in total. The Morgan fingerprint density at radius 1 is 1.19 bits per heavy atom. The van der Waals surface area contributed by atoms with E-state index in [9.17, 15) is 4.79 Å². The summed E-state index contributed by atoms with van der Waals surface area (Å²) in [7, 11) is 1.63. The number of hydrogen-bond acceptors (Lipinski definition) is 3. The first-order chi connectivity index (χ1) is 10.0. The van der Waals surface area contributed by atoms with Gasteiger partial charge in [-0.1, -0.05) is 24.3 Å². The van der Waals surface area contributed by atoms with E-state index >= 15 is 0 Å². The zero-order valence-electron chi connectivity index (χ0n) is 12.5. The zero-order chi connectivity index (χ0) is 15.4. The second kappa shape index (κ2) is 6.31. The summed E-state index contributed by atoms with van der Waals surface area (Å²) in [5.74, 6) is 0.634. The van der Waals surface area contributed by atoms with Gasteiger partial charge in [-0.05, 0) is 43.2 Å². The van der Waals surface area contributed by atoms with E-state index in [0.717, 1.165) is 16.9 Å². The lowest BCUT2D eigenvalue weighted by atomic mass is 10.0. The first-order valence-electron chi connectivity index (χ1n) is 6.83. The van der Waals surface area contributed by atoms with E-state index in [2.05, 4.69) is 5.32 Å². The highest BCUT2D eigenvalue weighted by molar-refractivity contribution is 6.00. The van der Waals surface area contributed by atoms with E-state index in [0.29, 0.717) is 11.3 Å². The van der Waals surface area contributed by atoms with Gasteiger partial charge in [0.2, 0.25) is 0 Å². The summed E-state index contributed by atoms with van der Waals surface area (Å²) in [5.41, 5.74) is 8.81. The number of hydrogen-bond donors (Lipinski definition) is 2. The minimum Gasteiger partial charge on any atom is -0.497 e. The Kier molecular flexibility index (Phi) is 4.48. The van der Waals surface area contributed by atoms with Crippen LogP contribution in [0.15, 0.2) is 42.5 Å². The molecule has 0 aromatic heterocycles. The lowest BCUT2D eigenvalue weighted by Gasteiger charge is -2.16. The number of methoxy groups -OCH3 is 1. The smallest absolute Gasteiger partial charge is 0.254 e. The standard InChI is InChI=1S/C17H20N2O2/c1-11-5-4-6-15(18)16(11)17(20)19-12(2)13-7-9-14(21-3)10-8-13/h4-10,12H,18H2,1-3H3,(H,19,20). The lowest BCUT2D eigenvalue weighted by Crippen LogP contribution is -2.28. The summed E-state index contributed by atoms with van der Waals surface area (Å²) in [6.45, 7) is 3.82. The minimum absolute atomic E-state index is 0.109. The van der Waals surface area contributed by atoms with Crippen molar-refractivity contribution in [1.82, 2.24) is 5.32 Å². The molecule has 0 spiro atoms. The number of nitrogens with one attached hydrogen (secondary N) is 1. The molecule has 0 heterocycles. The van der Waals surface area contributed by atoms with Gasteiger partial charge in [0.15, 0.2) is 0 Å². The molecule has 0 fully saturated rings. The van der Waals surface area contributed by atoms with Crippen molar-refractivity contribution in [2.75, 3.05) is 12.8 Å². The van der Waals surface area contributed by atoms with Crippen LogP contribution in [0.2, 0.25) is 0 Å². The van der Waals surface area contributed by atoms with Crippen LogP contribution in [0.25, 0.3) is 0 Å². The molecule has 21 heavy (non-hydrogen) atoms. The Labute approximate surface area is 124 Å². The number of aryl methyl sites for hydroxylation is 1. The SMILES string of the molecule is COc1ccc(C(C)NC(=O)c2c(C)cccc2N)cc1. The fourth-order valence-corrected chi connectivity index (χ4v) is 2.25. The Balaban J connectivity index is 2.15. The molecular weight excluding hydrogens is 264 g/mol. The van der Waals surface area contributed by atoms with Crippen molar-refractivity contribution in [2.45, 2.75) is 19.9 Å². The van der Waals surface area contributed by atoms with Gasteiger partial charge < -0.3 is 15.8 Å². The van der Waals surface area contributed by atoms with Crippen molar-refractivity contribution in [2.24, 2.45) is 0 Å². The van der Waals surface area contributed by atoms with E-state index in [1.165, 1.54) is 0 Å². The van der Waals surface area contributed by atoms with E-state index in [1.807, 2.05) is 50.2 Å². The average molecular weight is 284 g/mol. The van der Waals surface area contributed by atoms with Crippen LogP contribution in [0.5, 0.6) is 5.75 Å². The highest BCUT2D eigenvalue weighted by Gasteiger charge is 2.15. The topological polar surface area (TPSA) is 64.3 Å². The third-order valence-electron chi connectivity index (χ3n) is 3.50. The van der Waals surface area contributed by atoms with Crippen LogP contribution in [-0.4, -0.2) is 13.0 Å². The molecule has 0 aliphatic heterocycles. The monoisotopic (exact) mass is 284 g/mol.